The van der Waals surface area contributed by atoms with Gasteiger partial charge in [-0.25, -0.2) is 9.59 Å². The third kappa shape index (κ3) is 89.3. The van der Waals surface area contributed by atoms with E-state index in [1.807, 2.05) is 99.5 Å². The number of ether oxygens (including phenoxy) is 1. The van der Waals surface area contributed by atoms with Gasteiger partial charge in [-0.05, 0) is 87.5 Å². The fraction of sp³-hybridized carbons (Fsp3) is 0.649. The van der Waals surface area contributed by atoms with E-state index in [4.69, 9.17) is 5.26 Å². The second kappa shape index (κ2) is 65.4. The van der Waals surface area contributed by atoms with Crippen LogP contribution in [0.5, 0.6) is 0 Å². The Labute approximate surface area is 461 Å². The van der Waals surface area contributed by atoms with Crippen LogP contribution in [0.25, 0.3) is 0 Å². The number of nitrogens with zero attached hydrogens (tertiary/aromatic N) is 8. The summed E-state index contributed by atoms with van der Waals surface area (Å²) in [7, 11) is 11.4. The number of hydrogen-bond acceptors (Lipinski definition) is 10. The van der Waals surface area contributed by atoms with Gasteiger partial charge in [0.2, 0.25) is 11.8 Å². The lowest BCUT2D eigenvalue weighted by Crippen LogP contribution is -2.25. The van der Waals surface area contributed by atoms with Crippen molar-refractivity contribution < 1.29 is 32.9 Å². The number of benzene rings is 1. The van der Waals surface area contributed by atoms with E-state index in [1.54, 1.807) is 58.3 Å². The lowest BCUT2D eigenvalue weighted by molar-refractivity contribution is -0.126. The summed E-state index contributed by atoms with van der Waals surface area (Å²) in [5.41, 5.74) is 10.7. The Morgan fingerprint density at radius 1 is 0.743 bits per heavy atom. The van der Waals surface area contributed by atoms with Gasteiger partial charge in [0.05, 0.1) is 12.6 Å². The van der Waals surface area contributed by atoms with Crippen molar-refractivity contribution in [3.05, 3.63) is 77.8 Å². The number of rotatable bonds is 2. The molecule has 5 amide bonds. The van der Waals surface area contributed by atoms with E-state index in [0.29, 0.717) is 12.5 Å². The Kier molecular flexibility index (Phi) is 96.3. The monoisotopic (exact) mass is 1080 g/mol. The number of amides is 5. The minimum Gasteiger partial charge on any atom is -0.448 e. The van der Waals surface area contributed by atoms with Crippen LogP contribution in [0.3, 0.4) is 0 Å². The van der Waals surface area contributed by atoms with Crippen LogP contribution in [-0.4, -0.2) is 162 Å². The average Bonchev–Trinajstić information content (AvgIpc) is 3.93. The Morgan fingerprint density at radius 2 is 1.05 bits per heavy atom. The van der Waals surface area contributed by atoms with Crippen molar-refractivity contribution >= 4 is 45.1 Å². The molecule has 0 atom stereocenters. The van der Waals surface area contributed by atoms with Crippen LogP contribution in [-0.2, 0) is 35.7 Å². The summed E-state index contributed by atoms with van der Waals surface area (Å²) >= 11 is 0. The summed E-state index contributed by atoms with van der Waals surface area (Å²) in [4.78, 5) is 59.6. The van der Waals surface area contributed by atoms with Gasteiger partial charge in [0.1, 0.15) is 12.4 Å². The van der Waals surface area contributed by atoms with E-state index < -0.39 is 9.52 Å². The van der Waals surface area contributed by atoms with Gasteiger partial charge in [0.25, 0.3) is 0 Å². The molecule has 17 heteroatoms. The first-order valence-electron chi connectivity index (χ1n) is 20.9. The number of nitriles is 1. The molecule has 4 heterocycles. The van der Waals surface area contributed by atoms with Gasteiger partial charge in [-0.1, -0.05) is 117 Å². The number of primary amides is 1. The zero-order valence-electron chi connectivity index (χ0n) is 44.0. The number of nitrogens with two attached hydrogens (primary N) is 1. The SMILES string of the molecule is C.C.C.C.C.C.C.C.C.C=C(C)C.C=C(C)N(C)C.C=S(C)(C)=O.CC#N.CC(=O)C(C)C.CC(N)=O.CN1CCCC1=O.CN1CCN(C)C1=O.CN1CCOC1=O.Cc1ccccc1C.Cc1ccnn1C. The molecule has 3 aliphatic heterocycles. The van der Waals surface area contributed by atoms with Gasteiger partial charge in [0.15, 0.2) is 0 Å². The van der Waals surface area contributed by atoms with Crippen molar-refractivity contribution in [3.8, 4) is 6.07 Å². The highest BCUT2D eigenvalue weighted by molar-refractivity contribution is 7.98. The number of likely N-dealkylation sites (tertiary alicyclic amines) is 1. The molecule has 0 bridgehead atoms. The fourth-order valence-corrected chi connectivity index (χ4v) is 3.14. The molecule has 5 rings (SSSR count). The number of aryl methyl sites for hydroxylation is 4. The van der Waals surface area contributed by atoms with E-state index in [0.717, 1.165) is 44.7 Å². The zero-order chi connectivity index (χ0) is 52.6. The highest BCUT2D eigenvalue weighted by Crippen LogP contribution is 2.05. The summed E-state index contributed by atoms with van der Waals surface area (Å²) in [6, 6.07) is 12.2. The number of Topliss-reactive ketones (excluding diaryl/α,β-unsaturated/α-hetero) is 1. The molecule has 3 saturated heterocycles. The molecular weight excluding hydrogens is 955 g/mol. The molecule has 446 valence electrons. The van der Waals surface area contributed by atoms with Crippen LogP contribution in [0.15, 0.2) is 61.0 Å². The van der Waals surface area contributed by atoms with Gasteiger partial charge in [0, 0.05) is 125 Å². The summed E-state index contributed by atoms with van der Waals surface area (Å²) < 4.78 is 16.5. The number of hydrogen-bond donors (Lipinski definition) is 1. The van der Waals surface area contributed by atoms with Crippen molar-refractivity contribution in [3.63, 3.8) is 0 Å². The third-order valence-electron chi connectivity index (χ3n) is 7.77. The number of likely N-dealkylation sites (N-methyl/N-ethyl adjacent to an activating group) is 3. The standard InChI is InChI=1S/C8H10.C5H10N2O.C5H8N2.C5H9NO.C5H11N.C5H10O.C4H7NO2.C4H8.C3H8OS.C2H5NO.C2H3N.9CH4/c1-7-5-3-4-6-8(7)2;1-6-3-4-7(2)5(6)8;1-5-3-4-6-7(5)2;1-6-4-2-3-5(6)7;1-5(2)6(3)4;1-4(2)5(3)6;1-5-2-3-7-4(5)6;1-4(2)3;1-5(2,3)4;1-2(3)4;1-2-3;;;;;;;;;/h3-6H,1-2H3;3-4H2,1-2H3;3-4H,1-2H3;2-4H2,1H3;1H2,2-4H3;4H,1-3H3;2-3H2,1H3;1H2,2-3H3;1H2,2-3H3;1H3,(H2,3,4);1H3;9*1H4. The highest BCUT2D eigenvalue weighted by atomic mass is 32.2. The van der Waals surface area contributed by atoms with Crippen molar-refractivity contribution in [1.29, 1.82) is 5.26 Å². The van der Waals surface area contributed by atoms with Crippen molar-refractivity contribution in [2.75, 3.05) is 87.6 Å². The molecular formula is C57H125N9O7S. The Hall–Kier alpha value is -5.63. The Morgan fingerprint density at radius 3 is 1.14 bits per heavy atom. The number of allylic oxidation sites excluding steroid dienone is 2. The van der Waals surface area contributed by atoms with Gasteiger partial charge >= 0.3 is 12.1 Å². The quantitative estimate of drug-likeness (QED) is 0.223. The van der Waals surface area contributed by atoms with Gasteiger partial charge < -0.3 is 35.0 Å². The van der Waals surface area contributed by atoms with Crippen LogP contribution in [0.1, 0.15) is 152 Å². The van der Waals surface area contributed by atoms with Gasteiger partial charge in [-0.2, -0.15) is 10.4 Å². The maximum Gasteiger partial charge on any atom is 0.409 e. The minimum absolute atomic E-state index is 0. The topological polar surface area (TPSA) is 195 Å². The Balaban J connectivity index is -0.0000000397. The van der Waals surface area contributed by atoms with Crippen molar-refractivity contribution in [2.45, 2.75) is 156 Å². The Bertz CT molecular complexity index is 1690. The summed E-state index contributed by atoms with van der Waals surface area (Å²) in [6.07, 6.45) is 6.60. The van der Waals surface area contributed by atoms with Crippen LogP contribution in [0.4, 0.5) is 9.59 Å². The first-order valence-corrected chi connectivity index (χ1v) is 23.5. The van der Waals surface area contributed by atoms with Crippen LogP contribution in [0, 0.1) is 38.0 Å². The number of aromatic nitrogens is 2. The van der Waals surface area contributed by atoms with Gasteiger partial charge in [-0.15, -0.1) is 6.58 Å². The number of carbonyl (C=O) groups excluding carboxylic acids is 5. The zero-order valence-corrected chi connectivity index (χ0v) is 44.9. The molecule has 3 aliphatic rings. The van der Waals surface area contributed by atoms with Crippen LogP contribution in [0.2, 0.25) is 0 Å². The van der Waals surface area contributed by atoms with Crippen LogP contribution < -0.4 is 5.73 Å². The molecule has 0 radical (unpaired) electrons. The molecule has 0 spiro atoms. The minimum atomic E-state index is -1.67. The number of ketones is 1. The molecule has 74 heavy (non-hydrogen) atoms. The molecule has 1 aromatic carbocycles. The maximum absolute atomic E-state index is 10.8. The maximum atomic E-state index is 10.8. The molecule has 2 N–H and O–H groups in total. The first-order chi connectivity index (χ1) is 29.6. The smallest absolute Gasteiger partial charge is 0.409 e. The van der Waals surface area contributed by atoms with E-state index in [1.165, 1.54) is 36.2 Å². The third-order valence-corrected chi connectivity index (χ3v) is 7.77. The highest BCUT2D eigenvalue weighted by Gasteiger charge is 2.20. The normalized spacial score (nSPS) is 11.0. The van der Waals surface area contributed by atoms with E-state index in [-0.39, 0.29) is 96.6 Å². The summed E-state index contributed by atoms with van der Waals surface area (Å²) in [5.74, 6) is 3.73. The lowest BCUT2D eigenvalue weighted by atomic mass is 10.1. The molecule has 0 saturated carbocycles. The van der Waals surface area contributed by atoms with Gasteiger partial charge in [-0.3, -0.25) is 23.3 Å². The summed E-state index contributed by atoms with van der Waals surface area (Å²) in [6.45, 7) is 31.5. The lowest BCUT2D eigenvalue weighted by Gasteiger charge is -2.08. The molecule has 3 fully saturated rings. The second-order valence-corrected chi connectivity index (χ2v) is 19.0. The van der Waals surface area contributed by atoms with Crippen molar-refractivity contribution in [2.24, 2.45) is 18.7 Å². The van der Waals surface area contributed by atoms with E-state index >= 15 is 0 Å². The number of carbonyl (C=O) groups is 5. The summed E-state index contributed by atoms with van der Waals surface area (Å²) in [5, 5.41) is 11.3. The van der Waals surface area contributed by atoms with Crippen molar-refractivity contribution in [1.82, 2.24) is 34.3 Å². The van der Waals surface area contributed by atoms with Crippen LogP contribution >= 0.6 is 0 Å². The molecule has 0 aliphatic carbocycles. The molecule has 2 aromatic rings. The van der Waals surface area contributed by atoms with E-state index in [9.17, 15) is 28.2 Å². The first kappa shape index (κ1) is 109. The fourth-order valence-electron chi connectivity index (χ4n) is 3.14. The molecule has 1 aromatic heterocycles. The number of cyclic esters (lactones) is 1. The predicted octanol–water partition coefficient (Wildman–Crippen LogP) is 12.9. The number of urea groups is 1. The molecule has 16 nitrogen and oxygen atoms in total. The largest absolute Gasteiger partial charge is 0.448 e. The average molecular weight is 1080 g/mol. The predicted molar refractivity (Wildman–Crippen MR) is 334 cm³/mol. The molecule has 0 unspecified atom stereocenters. The second-order valence-electron chi connectivity index (χ2n) is 16.1. The van der Waals surface area contributed by atoms with E-state index in [2.05, 4.69) is 72.7 Å².